The number of benzene rings is 2. The Morgan fingerprint density at radius 2 is 1.54 bits per heavy atom. The normalized spacial score (nSPS) is 15.0. The molecule has 0 radical (unpaired) electrons. The summed E-state index contributed by atoms with van der Waals surface area (Å²) in [6.07, 6.45) is 1.08. The van der Waals surface area contributed by atoms with Gasteiger partial charge in [0.05, 0.1) is 6.26 Å². The minimum atomic E-state index is -3.34. The maximum Gasteiger partial charge on any atom is 0.253 e. The van der Waals surface area contributed by atoms with Crippen molar-refractivity contribution < 1.29 is 17.6 Å². The van der Waals surface area contributed by atoms with Crippen LogP contribution in [0.25, 0.3) is 0 Å². The molecule has 26 heavy (non-hydrogen) atoms. The van der Waals surface area contributed by atoms with E-state index in [1.54, 1.807) is 41.3 Å². The predicted octanol–water partition coefficient (Wildman–Crippen LogP) is 2.16. The molecule has 0 bridgehead atoms. The average molecular weight is 377 g/mol. The van der Waals surface area contributed by atoms with Crippen LogP contribution in [0.15, 0.2) is 48.5 Å². The number of anilines is 2. The van der Waals surface area contributed by atoms with Gasteiger partial charge in [-0.3, -0.25) is 9.52 Å². The Hall–Kier alpha value is -2.61. The summed E-state index contributed by atoms with van der Waals surface area (Å²) in [5.41, 5.74) is 1.87. The van der Waals surface area contributed by atoms with Gasteiger partial charge in [0, 0.05) is 43.1 Å². The van der Waals surface area contributed by atoms with Gasteiger partial charge >= 0.3 is 0 Å². The fourth-order valence-electron chi connectivity index (χ4n) is 2.90. The van der Waals surface area contributed by atoms with Crippen molar-refractivity contribution in [3.8, 4) is 0 Å². The van der Waals surface area contributed by atoms with E-state index in [0.29, 0.717) is 37.4 Å². The second-order valence-electron chi connectivity index (χ2n) is 6.21. The van der Waals surface area contributed by atoms with Crippen molar-refractivity contribution in [3.05, 3.63) is 59.9 Å². The number of carbonyl (C=O) groups excluding carboxylic acids is 1. The zero-order valence-corrected chi connectivity index (χ0v) is 15.2. The van der Waals surface area contributed by atoms with Crippen molar-refractivity contribution in [3.63, 3.8) is 0 Å². The number of nitrogens with one attached hydrogen (secondary N) is 1. The second-order valence-corrected chi connectivity index (χ2v) is 7.96. The minimum absolute atomic E-state index is 0.0883. The first kappa shape index (κ1) is 18.2. The van der Waals surface area contributed by atoms with Crippen molar-refractivity contribution in [1.29, 1.82) is 0 Å². The summed E-state index contributed by atoms with van der Waals surface area (Å²) in [7, 11) is -3.34. The fraction of sp³-hybridized carbons (Fsp3) is 0.278. The third-order valence-electron chi connectivity index (χ3n) is 4.19. The SMILES string of the molecule is CS(=O)(=O)Nc1ccc(C(=O)N2CCN(c3ccc(F)cc3)CC2)cc1. The van der Waals surface area contributed by atoms with Gasteiger partial charge in [0.2, 0.25) is 10.0 Å². The summed E-state index contributed by atoms with van der Waals surface area (Å²) >= 11 is 0. The summed E-state index contributed by atoms with van der Waals surface area (Å²) in [6, 6.07) is 12.7. The summed E-state index contributed by atoms with van der Waals surface area (Å²) < 4.78 is 37.8. The molecule has 0 atom stereocenters. The number of piperazine rings is 1. The first-order valence-corrected chi connectivity index (χ1v) is 10.1. The molecule has 1 N–H and O–H groups in total. The molecule has 8 heteroatoms. The third-order valence-corrected chi connectivity index (χ3v) is 4.80. The van der Waals surface area contributed by atoms with Crippen LogP contribution >= 0.6 is 0 Å². The van der Waals surface area contributed by atoms with Crippen molar-refractivity contribution in [2.45, 2.75) is 0 Å². The largest absolute Gasteiger partial charge is 0.368 e. The summed E-state index contributed by atoms with van der Waals surface area (Å²) in [5, 5.41) is 0. The number of halogens is 1. The minimum Gasteiger partial charge on any atom is -0.368 e. The first-order chi connectivity index (χ1) is 12.3. The number of carbonyl (C=O) groups is 1. The number of hydrogen-bond donors (Lipinski definition) is 1. The lowest BCUT2D eigenvalue weighted by Gasteiger charge is -2.36. The Kier molecular flexibility index (Phi) is 5.13. The molecule has 1 fully saturated rings. The number of amides is 1. The summed E-state index contributed by atoms with van der Waals surface area (Å²) in [6.45, 7) is 2.48. The Morgan fingerprint density at radius 1 is 0.962 bits per heavy atom. The van der Waals surface area contributed by atoms with Crippen LogP contribution < -0.4 is 9.62 Å². The molecular formula is C18H20FN3O3S. The number of hydrogen-bond acceptors (Lipinski definition) is 4. The molecule has 0 unspecified atom stereocenters. The molecule has 0 aromatic heterocycles. The molecule has 1 aliphatic heterocycles. The monoisotopic (exact) mass is 377 g/mol. The summed E-state index contributed by atoms with van der Waals surface area (Å²) in [4.78, 5) is 16.5. The molecule has 0 spiro atoms. The molecule has 2 aromatic rings. The smallest absolute Gasteiger partial charge is 0.253 e. The van der Waals surface area contributed by atoms with Crippen LogP contribution in [-0.2, 0) is 10.0 Å². The van der Waals surface area contributed by atoms with Crippen LogP contribution in [0.4, 0.5) is 15.8 Å². The van der Waals surface area contributed by atoms with Crippen LogP contribution in [0.3, 0.4) is 0 Å². The molecule has 1 saturated heterocycles. The Balaban J connectivity index is 1.60. The van der Waals surface area contributed by atoms with Gasteiger partial charge in [-0.15, -0.1) is 0 Å². The molecule has 0 saturated carbocycles. The molecule has 1 amide bonds. The summed E-state index contributed by atoms with van der Waals surface area (Å²) in [5.74, 6) is -0.356. The van der Waals surface area contributed by atoms with Crippen LogP contribution in [0.2, 0.25) is 0 Å². The van der Waals surface area contributed by atoms with E-state index in [9.17, 15) is 17.6 Å². The number of nitrogens with zero attached hydrogens (tertiary/aromatic N) is 2. The van der Waals surface area contributed by atoms with Gasteiger partial charge in [-0.1, -0.05) is 0 Å². The lowest BCUT2D eigenvalue weighted by Crippen LogP contribution is -2.48. The van der Waals surface area contributed by atoms with Crippen LogP contribution in [0, 0.1) is 5.82 Å². The van der Waals surface area contributed by atoms with E-state index in [0.717, 1.165) is 11.9 Å². The predicted molar refractivity (Wildman–Crippen MR) is 99.4 cm³/mol. The average Bonchev–Trinajstić information content (AvgIpc) is 2.61. The highest BCUT2D eigenvalue weighted by molar-refractivity contribution is 7.92. The van der Waals surface area contributed by atoms with E-state index >= 15 is 0 Å². The highest BCUT2D eigenvalue weighted by Gasteiger charge is 2.22. The molecule has 0 aliphatic carbocycles. The van der Waals surface area contributed by atoms with Gasteiger partial charge in [-0.05, 0) is 48.5 Å². The van der Waals surface area contributed by atoms with Crippen LogP contribution in [0.5, 0.6) is 0 Å². The maximum atomic E-state index is 13.0. The number of sulfonamides is 1. The Labute approximate surface area is 152 Å². The lowest BCUT2D eigenvalue weighted by atomic mass is 10.1. The fourth-order valence-corrected chi connectivity index (χ4v) is 3.46. The zero-order chi connectivity index (χ0) is 18.7. The topological polar surface area (TPSA) is 69.7 Å². The van der Waals surface area contributed by atoms with Crippen molar-refractivity contribution in [1.82, 2.24) is 4.90 Å². The van der Waals surface area contributed by atoms with Crippen molar-refractivity contribution in [2.24, 2.45) is 0 Å². The third kappa shape index (κ3) is 4.51. The first-order valence-electron chi connectivity index (χ1n) is 8.19. The Morgan fingerprint density at radius 3 is 2.08 bits per heavy atom. The van der Waals surface area contributed by atoms with Gasteiger partial charge in [0.25, 0.3) is 5.91 Å². The number of rotatable bonds is 4. The van der Waals surface area contributed by atoms with Gasteiger partial charge in [-0.2, -0.15) is 0 Å². The van der Waals surface area contributed by atoms with Gasteiger partial charge in [-0.25, -0.2) is 12.8 Å². The van der Waals surface area contributed by atoms with E-state index in [2.05, 4.69) is 9.62 Å². The highest BCUT2D eigenvalue weighted by atomic mass is 32.2. The zero-order valence-electron chi connectivity index (χ0n) is 14.4. The molecule has 6 nitrogen and oxygen atoms in total. The molecule has 2 aromatic carbocycles. The quantitative estimate of drug-likeness (QED) is 0.887. The van der Waals surface area contributed by atoms with Crippen molar-refractivity contribution in [2.75, 3.05) is 42.1 Å². The van der Waals surface area contributed by atoms with Gasteiger partial charge in [0.1, 0.15) is 5.82 Å². The van der Waals surface area contributed by atoms with Gasteiger partial charge < -0.3 is 9.80 Å². The maximum absolute atomic E-state index is 13.0. The lowest BCUT2D eigenvalue weighted by molar-refractivity contribution is 0.0747. The second kappa shape index (κ2) is 7.33. The van der Waals surface area contributed by atoms with E-state index in [-0.39, 0.29) is 11.7 Å². The molecule has 1 heterocycles. The molecule has 138 valence electrons. The molecule has 1 aliphatic rings. The van der Waals surface area contributed by atoms with Crippen LogP contribution in [-0.4, -0.2) is 51.7 Å². The Bertz CT molecular complexity index is 875. The van der Waals surface area contributed by atoms with E-state index in [1.165, 1.54) is 12.1 Å². The van der Waals surface area contributed by atoms with Crippen molar-refractivity contribution >= 4 is 27.3 Å². The van der Waals surface area contributed by atoms with Crippen LogP contribution in [0.1, 0.15) is 10.4 Å². The van der Waals surface area contributed by atoms with E-state index in [1.807, 2.05) is 0 Å². The highest BCUT2D eigenvalue weighted by Crippen LogP contribution is 2.18. The molecular weight excluding hydrogens is 357 g/mol. The van der Waals surface area contributed by atoms with E-state index in [4.69, 9.17) is 0 Å². The van der Waals surface area contributed by atoms with E-state index < -0.39 is 10.0 Å². The standard InChI is InChI=1S/C18H20FN3O3S/c1-26(24,25)20-16-6-2-14(3-7-16)18(23)22-12-10-21(11-13-22)17-8-4-15(19)5-9-17/h2-9,20H,10-13H2,1H3. The van der Waals surface area contributed by atoms with Gasteiger partial charge in [0.15, 0.2) is 0 Å². The molecule has 3 rings (SSSR count).